The van der Waals surface area contributed by atoms with Crippen molar-refractivity contribution in [1.29, 1.82) is 0 Å². The Balaban J connectivity index is 1.40. The Bertz CT molecular complexity index is 1270. The highest BCUT2D eigenvalue weighted by Gasteiger charge is 2.38. The quantitative estimate of drug-likeness (QED) is 0.528. The Morgan fingerprint density at radius 3 is 2.46 bits per heavy atom. The fourth-order valence-electron chi connectivity index (χ4n) is 4.45. The molecule has 3 aromatic rings. The molecule has 186 valence electrons. The first-order valence-corrected chi connectivity index (χ1v) is 11.5. The molecule has 1 N–H and O–H groups in total. The minimum Gasteiger partial charge on any atom is -0.354 e. The van der Waals surface area contributed by atoms with Crippen molar-refractivity contribution >= 4 is 16.9 Å². The van der Waals surface area contributed by atoms with Crippen LogP contribution < -0.4 is 10.9 Å². The maximum atomic E-state index is 13.9. The molecule has 1 aliphatic rings. The fraction of sp³-hybridized carbons (Fsp3) is 0.400. The molecule has 0 aliphatic carbocycles. The second-order valence-electron chi connectivity index (χ2n) is 8.85. The second kappa shape index (κ2) is 10.2. The Morgan fingerprint density at radius 1 is 1.11 bits per heavy atom. The summed E-state index contributed by atoms with van der Waals surface area (Å²) >= 11 is 0. The van der Waals surface area contributed by atoms with Crippen LogP contribution in [-0.4, -0.2) is 40.0 Å². The number of nitrogens with one attached hydrogen (secondary N) is 1. The molecule has 1 aromatic heterocycles. The van der Waals surface area contributed by atoms with Crippen LogP contribution in [0.5, 0.6) is 0 Å². The predicted molar refractivity (Wildman–Crippen MR) is 123 cm³/mol. The summed E-state index contributed by atoms with van der Waals surface area (Å²) in [6, 6.07) is 11.4. The zero-order valence-electron chi connectivity index (χ0n) is 19.2. The minimum atomic E-state index is -4.93. The molecule has 0 spiro atoms. The van der Waals surface area contributed by atoms with Crippen molar-refractivity contribution in [3.8, 4) is 0 Å². The van der Waals surface area contributed by atoms with Gasteiger partial charge in [0.05, 0.1) is 11.0 Å². The first-order valence-electron chi connectivity index (χ1n) is 11.5. The van der Waals surface area contributed by atoms with Crippen molar-refractivity contribution in [2.75, 3.05) is 19.6 Å². The van der Waals surface area contributed by atoms with E-state index in [0.29, 0.717) is 18.7 Å². The van der Waals surface area contributed by atoms with Crippen LogP contribution in [-0.2, 0) is 17.5 Å². The second-order valence-corrected chi connectivity index (χ2v) is 8.85. The molecular weight excluding hydrogens is 464 g/mol. The van der Waals surface area contributed by atoms with E-state index in [2.05, 4.69) is 15.2 Å². The van der Waals surface area contributed by atoms with E-state index in [4.69, 9.17) is 0 Å². The molecule has 1 atom stereocenters. The zero-order valence-corrected chi connectivity index (χ0v) is 19.2. The number of piperidine rings is 1. The summed E-state index contributed by atoms with van der Waals surface area (Å²) in [5.74, 6) is -0.589. The van der Waals surface area contributed by atoms with Gasteiger partial charge in [-0.05, 0) is 57.0 Å². The number of hydrogen-bond donors (Lipinski definition) is 1. The number of aromatic nitrogens is 2. The normalized spacial score (nSPS) is 16.4. The topological polar surface area (TPSA) is 67.2 Å². The molecular formula is C25H26F4N4O2. The van der Waals surface area contributed by atoms with Gasteiger partial charge in [0.1, 0.15) is 11.9 Å². The number of likely N-dealkylation sites (tertiary alicyclic amines) is 1. The van der Waals surface area contributed by atoms with Crippen LogP contribution in [0, 0.1) is 11.7 Å². The molecule has 1 fully saturated rings. The lowest BCUT2D eigenvalue weighted by molar-refractivity contribution is -0.142. The van der Waals surface area contributed by atoms with Gasteiger partial charge >= 0.3 is 6.18 Å². The number of benzene rings is 2. The smallest absolute Gasteiger partial charge is 0.354 e. The highest BCUT2D eigenvalue weighted by molar-refractivity contribution is 5.83. The molecule has 0 bridgehead atoms. The molecule has 6 nitrogen and oxygen atoms in total. The number of amides is 1. The lowest BCUT2D eigenvalue weighted by atomic mass is 9.96. The van der Waals surface area contributed by atoms with Gasteiger partial charge < -0.3 is 5.32 Å². The average molecular weight is 491 g/mol. The SMILES string of the molecule is CC(C(=O)NCC1CCN(Cc2ccccc2F)CC1)n1c(=O)c(C(F)(F)F)nc2ccccc21. The van der Waals surface area contributed by atoms with E-state index in [1.165, 1.54) is 31.2 Å². The zero-order chi connectivity index (χ0) is 25.2. The number of para-hydroxylation sites is 2. The molecule has 1 aliphatic heterocycles. The highest BCUT2D eigenvalue weighted by atomic mass is 19.4. The van der Waals surface area contributed by atoms with Gasteiger partial charge in [0.2, 0.25) is 11.6 Å². The summed E-state index contributed by atoms with van der Waals surface area (Å²) in [7, 11) is 0. The van der Waals surface area contributed by atoms with Crippen molar-refractivity contribution in [2.45, 2.75) is 38.5 Å². The first-order chi connectivity index (χ1) is 16.6. The summed E-state index contributed by atoms with van der Waals surface area (Å²) in [6.45, 7) is 3.75. The molecule has 1 saturated heterocycles. The van der Waals surface area contributed by atoms with Crippen molar-refractivity contribution < 1.29 is 22.4 Å². The number of alkyl halides is 3. The molecule has 35 heavy (non-hydrogen) atoms. The number of fused-ring (bicyclic) bond motifs is 1. The summed E-state index contributed by atoms with van der Waals surface area (Å²) in [5, 5.41) is 2.80. The first kappa shape index (κ1) is 24.8. The fourth-order valence-corrected chi connectivity index (χ4v) is 4.45. The molecule has 2 aromatic carbocycles. The summed E-state index contributed by atoms with van der Waals surface area (Å²) in [6.07, 6.45) is -3.35. The standard InChI is InChI=1S/C25H26F4N4O2/c1-16(33-21-9-5-4-8-20(21)31-22(24(33)35)25(27,28)29)23(34)30-14-17-10-12-32(13-11-17)15-18-6-2-3-7-19(18)26/h2-9,16-17H,10-15H2,1H3,(H,30,34). The number of halogens is 4. The Morgan fingerprint density at radius 2 is 1.77 bits per heavy atom. The largest absolute Gasteiger partial charge is 0.438 e. The molecule has 2 heterocycles. The average Bonchev–Trinajstić information content (AvgIpc) is 2.83. The maximum absolute atomic E-state index is 13.9. The van der Waals surface area contributed by atoms with Gasteiger partial charge in [-0.1, -0.05) is 30.3 Å². The summed E-state index contributed by atoms with van der Waals surface area (Å²) in [4.78, 5) is 31.2. The van der Waals surface area contributed by atoms with Crippen LogP contribution in [0.1, 0.15) is 37.1 Å². The van der Waals surface area contributed by atoms with E-state index in [1.807, 2.05) is 0 Å². The van der Waals surface area contributed by atoms with Gasteiger partial charge in [0.25, 0.3) is 5.56 Å². The van der Waals surface area contributed by atoms with Crippen LogP contribution >= 0.6 is 0 Å². The predicted octanol–water partition coefficient (Wildman–Crippen LogP) is 4.14. The van der Waals surface area contributed by atoms with Crippen LogP contribution in [0.4, 0.5) is 17.6 Å². The van der Waals surface area contributed by atoms with E-state index in [0.717, 1.165) is 30.5 Å². The third kappa shape index (κ3) is 5.53. The van der Waals surface area contributed by atoms with E-state index >= 15 is 0 Å². The highest BCUT2D eigenvalue weighted by Crippen LogP contribution is 2.27. The Kier molecular flexibility index (Phi) is 7.20. The van der Waals surface area contributed by atoms with Gasteiger partial charge in [-0.2, -0.15) is 13.2 Å². The number of carbonyl (C=O) groups is 1. The Labute approximate surface area is 199 Å². The monoisotopic (exact) mass is 490 g/mol. The number of rotatable bonds is 6. The van der Waals surface area contributed by atoms with Crippen molar-refractivity contribution in [2.24, 2.45) is 5.92 Å². The van der Waals surface area contributed by atoms with Gasteiger partial charge in [0, 0.05) is 18.7 Å². The minimum absolute atomic E-state index is 0.0127. The lowest BCUT2D eigenvalue weighted by Gasteiger charge is -2.32. The van der Waals surface area contributed by atoms with Crippen LogP contribution in [0.2, 0.25) is 0 Å². The van der Waals surface area contributed by atoms with Gasteiger partial charge in [0.15, 0.2) is 0 Å². The van der Waals surface area contributed by atoms with Gasteiger partial charge in [-0.25, -0.2) is 9.37 Å². The van der Waals surface area contributed by atoms with E-state index < -0.39 is 29.4 Å². The molecule has 0 saturated carbocycles. The van der Waals surface area contributed by atoms with E-state index in [-0.39, 0.29) is 22.8 Å². The third-order valence-electron chi connectivity index (χ3n) is 6.45. The van der Waals surface area contributed by atoms with Crippen LogP contribution in [0.3, 0.4) is 0 Å². The Hall–Kier alpha value is -3.27. The van der Waals surface area contributed by atoms with Crippen molar-refractivity contribution in [3.05, 3.63) is 76.0 Å². The molecule has 1 amide bonds. The van der Waals surface area contributed by atoms with Gasteiger partial charge in [-0.3, -0.25) is 19.1 Å². The third-order valence-corrected chi connectivity index (χ3v) is 6.45. The van der Waals surface area contributed by atoms with Crippen molar-refractivity contribution in [3.63, 3.8) is 0 Å². The maximum Gasteiger partial charge on any atom is 0.438 e. The lowest BCUT2D eigenvalue weighted by Crippen LogP contribution is -2.42. The van der Waals surface area contributed by atoms with E-state index in [1.54, 1.807) is 24.3 Å². The molecule has 0 radical (unpaired) electrons. The molecule has 10 heteroatoms. The van der Waals surface area contributed by atoms with Crippen molar-refractivity contribution in [1.82, 2.24) is 19.8 Å². The molecule has 1 unspecified atom stereocenters. The van der Waals surface area contributed by atoms with E-state index in [9.17, 15) is 27.2 Å². The number of hydrogen-bond acceptors (Lipinski definition) is 4. The summed E-state index contributed by atoms with van der Waals surface area (Å²) in [5.41, 5.74) is -2.10. The summed E-state index contributed by atoms with van der Waals surface area (Å²) < 4.78 is 55.0. The number of nitrogens with zero attached hydrogens (tertiary/aromatic N) is 3. The van der Waals surface area contributed by atoms with Crippen LogP contribution in [0.15, 0.2) is 53.3 Å². The molecule has 4 rings (SSSR count). The number of carbonyl (C=O) groups excluding carboxylic acids is 1. The van der Waals surface area contributed by atoms with Gasteiger partial charge in [-0.15, -0.1) is 0 Å². The van der Waals surface area contributed by atoms with Crippen LogP contribution in [0.25, 0.3) is 11.0 Å².